The molecule has 2 aliphatic carbocycles. The Kier molecular flexibility index (Phi) is 2.75. The summed E-state index contributed by atoms with van der Waals surface area (Å²) in [6, 6.07) is 2.56. The van der Waals surface area contributed by atoms with Crippen LogP contribution in [-0.2, 0) is 32.1 Å². The van der Waals surface area contributed by atoms with Gasteiger partial charge in [-0.15, -0.1) is 0 Å². The molecule has 0 spiro atoms. The molecule has 0 aromatic heterocycles. The Bertz CT molecular complexity index is 367. The fraction of sp³-hybridized carbons (Fsp3) is 0.625. The first kappa shape index (κ1) is 10.4. The lowest BCUT2D eigenvalue weighted by Crippen LogP contribution is -2.14. The van der Waals surface area contributed by atoms with Gasteiger partial charge in [0.1, 0.15) is 0 Å². The molecule has 2 aliphatic rings. The lowest BCUT2D eigenvalue weighted by molar-refractivity contribution is 0.647. The third kappa shape index (κ3) is 1.59. The summed E-state index contributed by atoms with van der Waals surface area (Å²) in [5.74, 6) is 0. The van der Waals surface area contributed by atoms with E-state index in [1.807, 2.05) is 0 Å². The summed E-state index contributed by atoms with van der Waals surface area (Å²) in [6.07, 6.45) is 12.3. The van der Waals surface area contributed by atoms with Gasteiger partial charge in [0.25, 0.3) is 0 Å². The van der Waals surface area contributed by atoms with Gasteiger partial charge in [0.15, 0.2) is 0 Å². The van der Waals surface area contributed by atoms with Crippen LogP contribution < -0.4 is 0 Å². The molecule has 86 valence electrons. The molecule has 16 heavy (non-hydrogen) atoms. The molecule has 0 N–H and O–H groups in total. The van der Waals surface area contributed by atoms with E-state index in [1.54, 1.807) is 27.8 Å². The van der Waals surface area contributed by atoms with Crippen LogP contribution in [0, 0.1) is 0 Å². The molecule has 0 atom stereocenters. The first-order chi connectivity index (χ1) is 7.90. The van der Waals surface area contributed by atoms with Crippen LogP contribution in [0.2, 0.25) is 0 Å². The predicted octanol–water partition coefficient (Wildman–Crippen LogP) is 4.01. The maximum atomic E-state index is 2.56. The number of rotatable bonds is 1. The summed E-state index contributed by atoms with van der Waals surface area (Å²) >= 11 is 0. The van der Waals surface area contributed by atoms with Crippen molar-refractivity contribution in [3.05, 3.63) is 33.9 Å². The molecule has 0 bridgehead atoms. The van der Waals surface area contributed by atoms with Crippen LogP contribution in [0.15, 0.2) is 6.07 Å². The Morgan fingerprint density at radius 3 is 1.81 bits per heavy atom. The zero-order valence-corrected chi connectivity index (χ0v) is 10.4. The van der Waals surface area contributed by atoms with Crippen molar-refractivity contribution < 1.29 is 0 Å². The summed E-state index contributed by atoms with van der Waals surface area (Å²) in [7, 11) is 0. The van der Waals surface area contributed by atoms with E-state index in [0.29, 0.717) is 0 Å². The van der Waals surface area contributed by atoms with Crippen LogP contribution in [0.3, 0.4) is 0 Å². The molecule has 0 aliphatic heterocycles. The van der Waals surface area contributed by atoms with E-state index in [2.05, 4.69) is 13.0 Å². The van der Waals surface area contributed by atoms with Crippen molar-refractivity contribution in [2.45, 2.75) is 64.7 Å². The largest absolute Gasteiger partial charge is 0.0613 e. The van der Waals surface area contributed by atoms with Crippen molar-refractivity contribution in [1.82, 2.24) is 0 Å². The van der Waals surface area contributed by atoms with Crippen molar-refractivity contribution in [3.8, 4) is 0 Å². The van der Waals surface area contributed by atoms with Gasteiger partial charge in [-0.05, 0) is 85.6 Å². The predicted molar refractivity (Wildman–Crippen MR) is 69.1 cm³/mol. The number of fused-ring (bicyclic) bond motifs is 2. The van der Waals surface area contributed by atoms with Gasteiger partial charge in [-0.1, -0.05) is 13.0 Å². The average molecular weight is 214 g/mol. The molecule has 0 nitrogen and oxygen atoms in total. The quantitative estimate of drug-likeness (QED) is 0.662. The van der Waals surface area contributed by atoms with Gasteiger partial charge < -0.3 is 0 Å². The molecule has 1 aromatic rings. The van der Waals surface area contributed by atoms with Crippen LogP contribution in [0.4, 0.5) is 0 Å². The first-order valence-electron chi connectivity index (χ1n) is 7.05. The fourth-order valence-corrected chi connectivity index (χ4v) is 3.68. The van der Waals surface area contributed by atoms with E-state index in [1.165, 1.54) is 57.8 Å². The number of hydrogen-bond acceptors (Lipinski definition) is 0. The van der Waals surface area contributed by atoms with E-state index in [9.17, 15) is 0 Å². The van der Waals surface area contributed by atoms with Gasteiger partial charge in [-0.2, -0.15) is 0 Å². The number of hydrogen-bond donors (Lipinski definition) is 0. The maximum Gasteiger partial charge on any atom is -0.0273 e. The highest BCUT2D eigenvalue weighted by Gasteiger charge is 2.20. The fourth-order valence-electron chi connectivity index (χ4n) is 3.68. The Balaban J connectivity index is 2.16. The third-order valence-corrected chi connectivity index (χ3v) is 4.45. The van der Waals surface area contributed by atoms with Crippen molar-refractivity contribution >= 4 is 0 Å². The summed E-state index contributed by atoms with van der Waals surface area (Å²) in [6.45, 7) is 2.35. The van der Waals surface area contributed by atoms with Gasteiger partial charge in [-0.3, -0.25) is 0 Å². The van der Waals surface area contributed by atoms with Crippen LogP contribution in [0.5, 0.6) is 0 Å². The minimum atomic E-state index is 1.26. The zero-order chi connectivity index (χ0) is 11.0. The van der Waals surface area contributed by atoms with Gasteiger partial charge in [0.2, 0.25) is 0 Å². The molecule has 0 amide bonds. The van der Waals surface area contributed by atoms with E-state index in [4.69, 9.17) is 0 Å². The highest BCUT2D eigenvalue weighted by Crippen LogP contribution is 2.33. The van der Waals surface area contributed by atoms with Gasteiger partial charge >= 0.3 is 0 Å². The zero-order valence-electron chi connectivity index (χ0n) is 10.4. The van der Waals surface area contributed by atoms with Crippen LogP contribution in [0.25, 0.3) is 0 Å². The standard InChI is InChI=1S/C16H22/c1-2-14-15-9-5-3-7-12(15)11-13-8-4-6-10-16(13)14/h11H,2-10H2,1H3. The van der Waals surface area contributed by atoms with Crippen molar-refractivity contribution in [2.75, 3.05) is 0 Å². The Morgan fingerprint density at radius 1 is 0.812 bits per heavy atom. The summed E-state index contributed by atoms with van der Waals surface area (Å²) in [5, 5.41) is 0. The first-order valence-corrected chi connectivity index (χ1v) is 7.05. The highest BCUT2D eigenvalue weighted by molar-refractivity contribution is 5.48. The number of benzene rings is 1. The molecule has 0 fully saturated rings. The molecule has 0 saturated carbocycles. The lowest BCUT2D eigenvalue weighted by Gasteiger charge is -2.27. The van der Waals surface area contributed by atoms with Crippen LogP contribution in [-0.4, -0.2) is 0 Å². The highest BCUT2D eigenvalue weighted by atomic mass is 14.3. The molecule has 0 saturated heterocycles. The van der Waals surface area contributed by atoms with Crippen molar-refractivity contribution in [3.63, 3.8) is 0 Å². The summed E-state index contributed by atoms with van der Waals surface area (Å²) < 4.78 is 0. The van der Waals surface area contributed by atoms with Crippen LogP contribution in [0.1, 0.15) is 60.4 Å². The normalized spacial score (nSPS) is 19.1. The van der Waals surface area contributed by atoms with Crippen LogP contribution >= 0.6 is 0 Å². The smallest absolute Gasteiger partial charge is 0.0273 e. The lowest BCUT2D eigenvalue weighted by atomic mass is 9.78. The average Bonchev–Trinajstić information content (AvgIpc) is 2.36. The summed E-state index contributed by atoms with van der Waals surface area (Å²) in [5.41, 5.74) is 8.63. The Labute approximate surface area is 99.1 Å². The minimum absolute atomic E-state index is 1.26. The molecule has 0 radical (unpaired) electrons. The maximum absolute atomic E-state index is 2.56. The number of aryl methyl sites for hydroxylation is 2. The second-order valence-electron chi connectivity index (χ2n) is 5.40. The molecule has 0 heterocycles. The van der Waals surface area contributed by atoms with E-state index < -0.39 is 0 Å². The molecular formula is C16H22. The van der Waals surface area contributed by atoms with E-state index in [-0.39, 0.29) is 0 Å². The van der Waals surface area contributed by atoms with Gasteiger partial charge in [0, 0.05) is 0 Å². The summed E-state index contributed by atoms with van der Waals surface area (Å²) in [4.78, 5) is 0. The molecule has 0 heteroatoms. The monoisotopic (exact) mass is 214 g/mol. The van der Waals surface area contributed by atoms with Crippen molar-refractivity contribution in [2.24, 2.45) is 0 Å². The van der Waals surface area contributed by atoms with Gasteiger partial charge in [-0.25, -0.2) is 0 Å². The third-order valence-electron chi connectivity index (χ3n) is 4.45. The second kappa shape index (κ2) is 4.24. The second-order valence-corrected chi connectivity index (χ2v) is 5.40. The molecule has 0 unspecified atom stereocenters. The van der Waals surface area contributed by atoms with E-state index in [0.717, 1.165) is 0 Å². The Hall–Kier alpha value is -0.780. The van der Waals surface area contributed by atoms with Crippen molar-refractivity contribution in [1.29, 1.82) is 0 Å². The minimum Gasteiger partial charge on any atom is -0.0613 e. The SMILES string of the molecule is CCc1c2c(cc3c1CCCC3)CCCC2. The topological polar surface area (TPSA) is 0 Å². The molecule has 3 rings (SSSR count). The van der Waals surface area contributed by atoms with Gasteiger partial charge in [0.05, 0.1) is 0 Å². The Morgan fingerprint density at radius 2 is 1.31 bits per heavy atom. The van der Waals surface area contributed by atoms with E-state index >= 15 is 0 Å². The molecular weight excluding hydrogens is 192 g/mol. The molecule has 1 aromatic carbocycles.